The van der Waals surface area contributed by atoms with Gasteiger partial charge in [-0.2, -0.15) is 5.26 Å². The van der Waals surface area contributed by atoms with E-state index in [1.165, 1.54) is 4.90 Å². The summed E-state index contributed by atoms with van der Waals surface area (Å²) in [6, 6.07) is 43.0. The molecule has 2 aliphatic rings. The van der Waals surface area contributed by atoms with E-state index in [0.717, 1.165) is 27.5 Å². The molecule has 65 heavy (non-hydrogen) atoms. The monoisotopic (exact) mass is 900 g/mol. The maximum absolute atomic E-state index is 14.5. The predicted octanol–water partition coefficient (Wildman–Crippen LogP) is 9.72. The number of halogens is 2. The summed E-state index contributed by atoms with van der Waals surface area (Å²) < 4.78 is 12.3. The standard InChI is InChI=1S/C52H38Cl2N4O7/c53-42-20-9-32(21-43(42)54)29-64-41-18-16-36(17-19-41)48-50(60)56-44-24-39-25-46(58(28-40(39)26-47(44)65-48)51(61)38-15-14-33-3-1-2-4-37(33)23-38)49(59)57-45(52(62)63)22-30-5-10-34(11-6-30)35-12-7-31(27-55)8-13-35/h1-21,23-24,26,45-46,48H,22,25,28-29H2,(H,56,60)(H,57,59)(H,62,63). The number of carbonyl (C=O) groups is 4. The predicted molar refractivity (Wildman–Crippen MR) is 247 cm³/mol. The largest absolute Gasteiger partial charge is 0.489 e. The van der Waals surface area contributed by atoms with E-state index in [4.69, 9.17) is 37.9 Å². The number of ether oxygens (including phenoxy) is 2. The number of fused-ring (bicyclic) bond motifs is 3. The van der Waals surface area contributed by atoms with Gasteiger partial charge in [0.05, 0.1) is 27.4 Å². The van der Waals surface area contributed by atoms with Gasteiger partial charge < -0.3 is 30.1 Å². The molecule has 3 amide bonds. The summed E-state index contributed by atoms with van der Waals surface area (Å²) in [5.41, 5.74) is 6.62. The van der Waals surface area contributed by atoms with Gasteiger partial charge in [0, 0.05) is 30.5 Å². The molecule has 0 fully saturated rings. The molecule has 13 heteroatoms. The lowest BCUT2D eigenvalue weighted by Crippen LogP contribution is -2.56. The molecule has 3 atom stereocenters. The van der Waals surface area contributed by atoms with Gasteiger partial charge in [-0.3, -0.25) is 14.4 Å². The Morgan fingerprint density at radius 1 is 0.815 bits per heavy atom. The van der Waals surface area contributed by atoms with Crippen molar-refractivity contribution in [1.82, 2.24) is 10.2 Å². The lowest BCUT2D eigenvalue weighted by Gasteiger charge is -2.37. The van der Waals surface area contributed by atoms with Crippen molar-refractivity contribution in [3.05, 3.63) is 195 Å². The quantitative estimate of drug-likeness (QED) is 0.116. The summed E-state index contributed by atoms with van der Waals surface area (Å²) in [5.74, 6) is -1.69. The van der Waals surface area contributed by atoms with Crippen LogP contribution in [-0.4, -0.2) is 45.8 Å². The van der Waals surface area contributed by atoms with Crippen molar-refractivity contribution in [3.8, 4) is 28.7 Å². The number of anilines is 1. The molecule has 0 aromatic heterocycles. The first-order chi connectivity index (χ1) is 31.5. The molecule has 0 bridgehead atoms. The molecule has 2 aliphatic heterocycles. The van der Waals surface area contributed by atoms with E-state index < -0.39 is 41.9 Å². The highest BCUT2D eigenvalue weighted by atomic mass is 35.5. The van der Waals surface area contributed by atoms with Gasteiger partial charge >= 0.3 is 5.97 Å². The average molecular weight is 902 g/mol. The lowest BCUT2D eigenvalue weighted by atomic mass is 9.91. The third kappa shape index (κ3) is 9.22. The number of nitrogens with zero attached hydrogens (tertiary/aromatic N) is 2. The van der Waals surface area contributed by atoms with E-state index >= 15 is 0 Å². The smallest absolute Gasteiger partial charge is 0.326 e. The normalized spacial score (nSPS) is 15.6. The van der Waals surface area contributed by atoms with E-state index in [0.29, 0.717) is 60.6 Å². The molecule has 0 spiro atoms. The van der Waals surface area contributed by atoms with Crippen molar-refractivity contribution in [2.24, 2.45) is 0 Å². The molecule has 0 saturated heterocycles. The third-order valence-corrected chi connectivity index (χ3v) is 12.4. The molecule has 3 unspecified atom stereocenters. The van der Waals surface area contributed by atoms with E-state index in [-0.39, 0.29) is 26.0 Å². The van der Waals surface area contributed by atoms with Crippen molar-refractivity contribution in [1.29, 1.82) is 5.26 Å². The minimum Gasteiger partial charge on any atom is -0.489 e. The summed E-state index contributed by atoms with van der Waals surface area (Å²) in [6.45, 7) is 0.267. The van der Waals surface area contributed by atoms with Crippen molar-refractivity contribution in [3.63, 3.8) is 0 Å². The lowest BCUT2D eigenvalue weighted by molar-refractivity contribution is -0.142. The zero-order valence-corrected chi connectivity index (χ0v) is 36.0. The van der Waals surface area contributed by atoms with Gasteiger partial charge in [0.1, 0.15) is 30.2 Å². The fourth-order valence-electron chi connectivity index (χ4n) is 8.15. The second kappa shape index (κ2) is 18.2. The Morgan fingerprint density at radius 3 is 2.23 bits per heavy atom. The van der Waals surface area contributed by atoms with Gasteiger partial charge in [-0.1, -0.05) is 108 Å². The SMILES string of the molecule is N#Cc1ccc(-c2ccc(CC(NC(=O)C3Cc4cc5c(cc4CN3C(=O)c3ccc4ccccc4c3)OC(c3ccc(OCc4ccc(Cl)c(Cl)c4)cc3)C(=O)N5)C(=O)O)cc2)cc1. The van der Waals surface area contributed by atoms with E-state index in [2.05, 4.69) is 16.7 Å². The van der Waals surface area contributed by atoms with Gasteiger partial charge in [0.15, 0.2) is 0 Å². The first-order valence-electron chi connectivity index (χ1n) is 20.7. The Morgan fingerprint density at radius 2 is 1.52 bits per heavy atom. The van der Waals surface area contributed by atoms with Gasteiger partial charge in [-0.15, -0.1) is 0 Å². The number of benzene rings is 7. The molecule has 7 aromatic carbocycles. The molecule has 2 heterocycles. The number of carboxylic acids is 1. The van der Waals surface area contributed by atoms with E-state index in [1.54, 1.807) is 84.9 Å². The molecule has 7 aromatic rings. The molecule has 322 valence electrons. The zero-order chi connectivity index (χ0) is 45.2. The summed E-state index contributed by atoms with van der Waals surface area (Å²) in [5, 5.41) is 27.9. The Hall–Kier alpha value is -7.65. The molecule has 9 rings (SSSR count). The number of amides is 3. The number of hydrogen-bond donors (Lipinski definition) is 3. The first kappa shape index (κ1) is 42.6. The van der Waals surface area contributed by atoms with Crippen LogP contribution < -0.4 is 20.1 Å². The van der Waals surface area contributed by atoms with Crippen LogP contribution in [0.5, 0.6) is 11.5 Å². The highest BCUT2D eigenvalue weighted by Gasteiger charge is 2.39. The van der Waals surface area contributed by atoms with Crippen LogP contribution in [-0.2, 0) is 40.4 Å². The number of nitriles is 1. The van der Waals surface area contributed by atoms with Gasteiger partial charge in [-0.05, 0) is 105 Å². The van der Waals surface area contributed by atoms with Crippen LogP contribution in [0.1, 0.15) is 49.8 Å². The number of rotatable bonds is 11. The van der Waals surface area contributed by atoms with Crippen LogP contribution >= 0.6 is 23.2 Å². The first-order valence-corrected chi connectivity index (χ1v) is 21.5. The second-order valence-electron chi connectivity index (χ2n) is 15.9. The maximum atomic E-state index is 14.5. The van der Waals surface area contributed by atoms with Crippen molar-refractivity contribution in [2.45, 2.75) is 44.2 Å². The maximum Gasteiger partial charge on any atom is 0.326 e. The molecular formula is C52H38Cl2N4O7. The Kier molecular flexibility index (Phi) is 12.0. The van der Waals surface area contributed by atoms with E-state index in [1.807, 2.05) is 60.7 Å². The highest BCUT2D eigenvalue weighted by Crippen LogP contribution is 2.40. The fraction of sp³-hybridized carbons (Fsp3) is 0.135. The van der Waals surface area contributed by atoms with Crippen LogP contribution in [0.25, 0.3) is 21.9 Å². The van der Waals surface area contributed by atoms with Crippen molar-refractivity contribution in [2.75, 3.05) is 5.32 Å². The van der Waals surface area contributed by atoms with Gasteiger partial charge in [0.2, 0.25) is 12.0 Å². The second-order valence-corrected chi connectivity index (χ2v) is 16.7. The minimum atomic E-state index is -1.31. The topological polar surface area (TPSA) is 158 Å². The molecule has 11 nitrogen and oxygen atoms in total. The van der Waals surface area contributed by atoms with Crippen LogP contribution in [0.15, 0.2) is 146 Å². The number of carbonyl (C=O) groups excluding carboxylic acids is 3. The van der Waals surface area contributed by atoms with Crippen LogP contribution in [0.4, 0.5) is 5.69 Å². The Labute approximate surface area is 383 Å². The van der Waals surface area contributed by atoms with Crippen LogP contribution in [0.2, 0.25) is 10.0 Å². The molecule has 0 aliphatic carbocycles. The average Bonchev–Trinajstić information content (AvgIpc) is 3.33. The summed E-state index contributed by atoms with van der Waals surface area (Å²) in [4.78, 5) is 56.5. The molecule has 3 N–H and O–H groups in total. The number of carboxylic acid groups (broad SMARTS) is 1. The number of nitrogens with one attached hydrogen (secondary N) is 2. The van der Waals surface area contributed by atoms with Crippen molar-refractivity contribution < 1.29 is 33.8 Å². The molecule has 0 radical (unpaired) electrons. The molecular weight excluding hydrogens is 863 g/mol. The Bertz CT molecular complexity index is 3040. The van der Waals surface area contributed by atoms with E-state index in [9.17, 15) is 24.3 Å². The highest BCUT2D eigenvalue weighted by molar-refractivity contribution is 6.42. The minimum absolute atomic E-state index is 0.00769. The Balaban J connectivity index is 0.951. The zero-order valence-electron chi connectivity index (χ0n) is 34.5. The molecule has 0 saturated carbocycles. The summed E-state index contributed by atoms with van der Waals surface area (Å²) >= 11 is 12.2. The fourth-order valence-corrected chi connectivity index (χ4v) is 8.48. The summed E-state index contributed by atoms with van der Waals surface area (Å²) in [7, 11) is 0. The van der Waals surface area contributed by atoms with Crippen LogP contribution in [0.3, 0.4) is 0 Å². The number of aliphatic carboxylic acids is 1. The van der Waals surface area contributed by atoms with Crippen molar-refractivity contribution >= 4 is 63.4 Å². The third-order valence-electron chi connectivity index (χ3n) is 11.7. The van der Waals surface area contributed by atoms with Gasteiger partial charge in [-0.25, -0.2) is 4.79 Å². The van der Waals surface area contributed by atoms with Crippen LogP contribution in [0, 0.1) is 11.3 Å². The number of hydrogen-bond acceptors (Lipinski definition) is 7. The summed E-state index contributed by atoms with van der Waals surface area (Å²) in [6.07, 6.45) is -0.951. The van der Waals surface area contributed by atoms with Gasteiger partial charge in [0.25, 0.3) is 11.8 Å².